The molecule has 1 rings (SSSR count). The fourth-order valence-electron chi connectivity index (χ4n) is 1.32. The quantitative estimate of drug-likeness (QED) is 0.635. The van der Waals surface area contributed by atoms with Crippen LogP contribution in [0.15, 0.2) is 0 Å². The van der Waals surface area contributed by atoms with E-state index in [2.05, 4.69) is 4.74 Å². The third kappa shape index (κ3) is 1.63. The molecule has 0 saturated heterocycles. The Morgan fingerprint density at radius 1 is 1.54 bits per heavy atom. The monoisotopic (exact) mass is 198 g/mol. The van der Waals surface area contributed by atoms with Crippen LogP contribution in [-0.2, 0) is 9.53 Å². The molecule has 1 saturated carbocycles. The summed E-state index contributed by atoms with van der Waals surface area (Å²) in [5, 5.41) is 8.93. The van der Waals surface area contributed by atoms with Gasteiger partial charge in [-0.3, -0.25) is 4.79 Å². The second-order valence-electron chi connectivity index (χ2n) is 3.16. The van der Waals surface area contributed by atoms with Crippen molar-refractivity contribution in [3.63, 3.8) is 0 Å². The lowest BCUT2D eigenvalue weighted by atomic mass is 9.70. The van der Waals surface area contributed by atoms with E-state index in [1.54, 1.807) is 0 Å². The molecule has 0 aromatic heterocycles. The van der Waals surface area contributed by atoms with Crippen molar-refractivity contribution in [2.75, 3.05) is 7.11 Å². The van der Waals surface area contributed by atoms with Crippen LogP contribution >= 0.6 is 0 Å². The van der Waals surface area contributed by atoms with E-state index in [1.807, 2.05) is 0 Å². The lowest BCUT2D eigenvalue weighted by Gasteiger charge is -2.42. The summed E-state index contributed by atoms with van der Waals surface area (Å²) in [7, 11) is 1.10. The molecular formula is C7H9F3O3. The summed E-state index contributed by atoms with van der Waals surface area (Å²) >= 11 is 0. The van der Waals surface area contributed by atoms with E-state index >= 15 is 0 Å². The van der Waals surface area contributed by atoms with E-state index in [9.17, 15) is 18.0 Å². The van der Waals surface area contributed by atoms with Crippen LogP contribution in [0.3, 0.4) is 0 Å². The van der Waals surface area contributed by atoms with Crippen LogP contribution in [0.2, 0.25) is 0 Å². The zero-order chi connectivity index (χ0) is 10.3. The topological polar surface area (TPSA) is 46.5 Å². The van der Waals surface area contributed by atoms with Crippen LogP contribution in [-0.4, -0.2) is 30.0 Å². The molecule has 0 spiro atoms. The van der Waals surface area contributed by atoms with Gasteiger partial charge in [-0.1, -0.05) is 0 Å². The molecule has 0 aliphatic heterocycles. The molecule has 0 bridgehead atoms. The average molecular weight is 198 g/mol. The molecule has 0 heterocycles. The smallest absolute Gasteiger partial charge is 0.417 e. The number of ether oxygens (including phenoxy) is 1. The van der Waals surface area contributed by atoms with E-state index < -0.39 is 36.5 Å². The Hall–Kier alpha value is -0.780. The van der Waals surface area contributed by atoms with Crippen LogP contribution in [0.25, 0.3) is 0 Å². The van der Waals surface area contributed by atoms with Gasteiger partial charge in [-0.05, 0) is 12.8 Å². The fourth-order valence-corrected chi connectivity index (χ4v) is 1.32. The molecule has 13 heavy (non-hydrogen) atoms. The van der Waals surface area contributed by atoms with E-state index in [1.165, 1.54) is 0 Å². The van der Waals surface area contributed by atoms with Crippen LogP contribution < -0.4 is 0 Å². The van der Waals surface area contributed by atoms with Gasteiger partial charge in [0, 0.05) is 0 Å². The molecule has 76 valence electrons. The molecular weight excluding hydrogens is 189 g/mol. The van der Waals surface area contributed by atoms with Gasteiger partial charge >= 0.3 is 12.1 Å². The lowest BCUT2D eigenvalue weighted by molar-refractivity contribution is -0.297. The van der Waals surface area contributed by atoms with Crippen molar-refractivity contribution >= 4 is 5.97 Å². The Kier molecular flexibility index (Phi) is 2.27. The highest BCUT2D eigenvalue weighted by atomic mass is 19.4. The second kappa shape index (κ2) is 2.87. The second-order valence-corrected chi connectivity index (χ2v) is 3.16. The summed E-state index contributed by atoms with van der Waals surface area (Å²) in [6, 6.07) is 0. The van der Waals surface area contributed by atoms with E-state index in [-0.39, 0.29) is 0 Å². The first-order valence-corrected chi connectivity index (χ1v) is 3.67. The van der Waals surface area contributed by atoms with Gasteiger partial charge in [-0.25, -0.2) is 0 Å². The summed E-state index contributed by atoms with van der Waals surface area (Å²) in [5.74, 6) is -1.52. The van der Waals surface area contributed by atoms with Crippen molar-refractivity contribution in [3.05, 3.63) is 0 Å². The number of carbonyl (C=O) groups is 1. The number of esters is 1. The summed E-state index contributed by atoms with van der Waals surface area (Å²) in [4.78, 5) is 10.7. The van der Waals surface area contributed by atoms with Crippen LogP contribution in [0, 0.1) is 5.92 Å². The number of rotatable bonds is 1. The van der Waals surface area contributed by atoms with Crippen molar-refractivity contribution in [3.8, 4) is 0 Å². The number of aliphatic hydroxyl groups is 1. The fraction of sp³-hybridized carbons (Fsp3) is 0.857. The van der Waals surface area contributed by atoms with Gasteiger partial charge in [0.1, 0.15) is 0 Å². The Morgan fingerprint density at radius 3 is 2.31 bits per heavy atom. The van der Waals surface area contributed by atoms with Crippen LogP contribution in [0.1, 0.15) is 12.8 Å². The van der Waals surface area contributed by atoms with Crippen LogP contribution in [0.5, 0.6) is 0 Å². The Balaban J connectivity index is 2.53. The standard InChI is InChI=1S/C7H9F3O3/c1-13-5(11)4-2-6(12,3-4)7(8,9)10/h4,12H,2-3H2,1H3. The third-order valence-corrected chi connectivity index (χ3v) is 2.23. The van der Waals surface area contributed by atoms with Gasteiger partial charge in [-0.15, -0.1) is 0 Å². The zero-order valence-electron chi connectivity index (χ0n) is 6.89. The molecule has 1 N–H and O–H groups in total. The third-order valence-electron chi connectivity index (χ3n) is 2.23. The van der Waals surface area contributed by atoms with E-state index in [0.717, 1.165) is 7.11 Å². The minimum Gasteiger partial charge on any atom is -0.469 e. The SMILES string of the molecule is COC(=O)C1CC(O)(C(F)(F)F)C1. The van der Waals surface area contributed by atoms with Gasteiger partial charge in [0.05, 0.1) is 13.0 Å². The molecule has 0 aromatic rings. The normalized spacial score (nSPS) is 33.8. The highest BCUT2D eigenvalue weighted by Crippen LogP contribution is 2.48. The van der Waals surface area contributed by atoms with Crippen molar-refractivity contribution < 1.29 is 27.8 Å². The zero-order valence-corrected chi connectivity index (χ0v) is 6.89. The summed E-state index contributed by atoms with van der Waals surface area (Å²) in [5.41, 5.74) is -2.69. The average Bonchev–Trinajstić information content (AvgIpc) is 1.95. The van der Waals surface area contributed by atoms with Gasteiger partial charge in [0.25, 0.3) is 0 Å². The van der Waals surface area contributed by atoms with Gasteiger partial charge < -0.3 is 9.84 Å². The summed E-state index contributed by atoms with van der Waals surface area (Å²) < 4.78 is 40.3. The highest BCUT2D eigenvalue weighted by Gasteiger charge is 2.63. The molecule has 1 aliphatic rings. The number of carbonyl (C=O) groups excluding carboxylic acids is 1. The number of halogens is 3. The van der Waals surface area contributed by atoms with E-state index in [4.69, 9.17) is 5.11 Å². The largest absolute Gasteiger partial charge is 0.469 e. The minimum absolute atomic E-state index is 0.594. The minimum atomic E-state index is -4.66. The van der Waals surface area contributed by atoms with Crippen molar-refractivity contribution in [2.24, 2.45) is 5.92 Å². The first-order chi connectivity index (χ1) is 5.80. The number of hydrogen-bond donors (Lipinski definition) is 1. The molecule has 0 aromatic carbocycles. The lowest BCUT2D eigenvalue weighted by Crippen LogP contribution is -2.57. The predicted molar refractivity (Wildman–Crippen MR) is 35.7 cm³/mol. The molecule has 0 radical (unpaired) electrons. The summed E-state index contributed by atoms with van der Waals surface area (Å²) in [6.45, 7) is 0. The molecule has 1 fully saturated rings. The molecule has 0 amide bonds. The Morgan fingerprint density at radius 2 is 2.00 bits per heavy atom. The Bertz CT molecular complexity index is 218. The van der Waals surface area contributed by atoms with E-state index in [0.29, 0.717) is 0 Å². The first kappa shape index (κ1) is 10.3. The van der Waals surface area contributed by atoms with Gasteiger partial charge in [0.2, 0.25) is 0 Å². The maximum Gasteiger partial charge on any atom is 0.417 e. The molecule has 0 atom stereocenters. The molecule has 0 unspecified atom stereocenters. The van der Waals surface area contributed by atoms with Gasteiger partial charge in [0.15, 0.2) is 5.60 Å². The predicted octanol–water partition coefficient (Wildman–Crippen LogP) is 0.863. The van der Waals surface area contributed by atoms with Crippen LogP contribution in [0.4, 0.5) is 13.2 Å². The number of hydrogen-bond acceptors (Lipinski definition) is 3. The summed E-state index contributed by atoms with van der Waals surface area (Å²) in [6.07, 6.45) is -5.84. The Labute approximate surface area is 72.5 Å². The molecule has 3 nitrogen and oxygen atoms in total. The maximum atomic E-state index is 12.0. The molecule has 6 heteroatoms. The van der Waals surface area contributed by atoms with Crippen molar-refractivity contribution in [1.29, 1.82) is 0 Å². The highest BCUT2D eigenvalue weighted by molar-refractivity contribution is 5.73. The van der Waals surface area contributed by atoms with Gasteiger partial charge in [-0.2, -0.15) is 13.2 Å². The van der Waals surface area contributed by atoms with Crippen molar-refractivity contribution in [1.82, 2.24) is 0 Å². The number of methoxy groups -OCH3 is 1. The molecule has 1 aliphatic carbocycles. The first-order valence-electron chi connectivity index (χ1n) is 3.67. The maximum absolute atomic E-state index is 12.0. The number of alkyl halides is 3. The van der Waals surface area contributed by atoms with Crippen molar-refractivity contribution in [2.45, 2.75) is 24.6 Å².